The molecule has 19 heavy (non-hydrogen) atoms. The molecule has 0 amide bonds. The molecule has 0 fully saturated rings. The first-order valence-corrected chi connectivity index (χ1v) is 7.60. The van der Waals surface area contributed by atoms with Crippen LogP contribution in [0.3, 0.4) is 0 Å². The number of hydrogen-bond donors (Lipinski definition) is 0. The van der Waals surface area contributed by atoms with Crippen molar-refractivity contribution < 1.29 is 25.8 Å². The van der Waals surface area contributed by atoms with Crippen molar-refractivity contribution in [2.75, 3.05) is 5.75 Å². The molecular weight excluding hydrogens is 303 g/mol. The van der Waals surface area contributed by atoms with Crippen molar-refractivity contribution in [3.8, 4) is 5.75 Å². The molecule has 0 unspecified atom stereocenters. The largest absolute Gasteiger partial charge is 0.534 e. The third kappa shape index (κ3) is 4.90. The van der Waals surface area contributed by atoms with Crippen LogP contribution in [0.4, 0.5) is 13.2 Å². The van der Waals surface area contributed by atoms with E-state index in [0.717, 1.165) is 11.9 Å². The predicted molar refractivity (Wildman–Crippen MR) is 65.4 cm³/mol. The maximum absolute atomic E-state index is 12.1. The van der Waals surface area contributed by atoms with Gasteiger partial charge in [0.1, 0.15) is 0 Å². The zero-order valence-corrected chi connectivity index (χ0v) is 11.8. The van der Waals surface area contributed by atoms with E-state index in [1.165, 1.54) is 24.0 Å². The topological polar surface area (TPSA) is 56.3 Å². The van der Waals surface area contributed by atoms with E-state index in [1.807, 2.05) is 13.8 Å². The van der Waals surface area contributed by atoms with Gasteiger partial charge in [0.05, 0.1) is 6.20 Å². The van der Waals surface area contributed by atoms with Gasteiger partial charge in [-0.15, -0.1) is 11.8 Å². The fraction of sp³-hybridized carbons (Fsp3) is 0.500. The average Bonchev–Trinajstić information content (AvgIpc) is 2.24. The third-order valence-corrected chi connectivity index (χ3v) is 4.13. The van der Waals surface area contributed by atoms with Gasteiger partial charge in [-0.1, -0.05) is 13.8 Å². The number of rotatable bonds is 5. The average molecular weight is 315 g/mol. The van der Waals surface area contributed by atoms with Gasteiger partial charge in [-0.05, 0) is 12.0 Å². The Morgan fingerprint density at radius 2 is 2.00 bits per heavy atom. The SMILES string of the molecule is CC(C)CSc1cncc(OS(=O)(=O)C(F)(F)F)c1. The smallest absolute Gasteiger partial charge is 0.374 e. The Hall–Kier alpha value is -0.960. The number of hydrogen-bond acceptors (Lipinski definition) is 5. The second kappa shape index (κ2) is 6.00. The van der Waals surface area contributed by atoms with E-state index in [4.69, 9.17) is 0 Å². The van der Waals surface area contributed by atoms with Gasteiger partial charge in [0.2, 0.25) is 0 Å². The summed E-state index contributed by atoms with van der Waals surface area (Å²) in [5.41, 5.74) is -5.45. The van der Waals surface area contributed by atoms with Gasteiger partial charge >= 0.3 is 15.6 Å². The number of thioether (sulfide) groups is 1. The molecule has 1 rings (SSSR count). The minimum Gasteiger partial charge on any atom is -0.374 e. The molecule has 1 heterocycles. The highest BCUT2D eigenvalue weighted by atomic mass is 32.2. The van der Waals surface area contributed by atoms with Crippen LogP contribution in [0.25, 0.3) is 0 Å². The molecule has 0 aliphatic heterocycles. The predicted octanol–water partition coefficient (Wildman–Crippen LogP) is 3.06. The molecule has 108 valence electrons. The van der Waals surface area contributed by atoms with Crippen molar-refractivity contribution in [3.05, 3.63) is 18.5 Å². The third-order valence-electron chi connectivity index (χ3n) is 1.76. The summed E-state index contributed by atoms with van der Waals surface area (Å²) in [6, 6.07) is 1.21. The lowest BCUT2D eigenvalue weighted by Crippen LogP contribution is -2.28. The quantitative estimate of drug-likeness (QED) is 0.475. The molecule has 0 saturated carbocycles. The van der Waals surface area contributed by atoms with Crippen molar-refractivity contribution in [1.29, 1.82) is 0 Å². The van der Waals surface area contributed by atoms with Crippen LogP contribution in [0.1, 0.15) is 13.8 Å². The normalized spacial score (nSPS) is 12.7. The van der Waals surface area contributed by atoms with Crippen LogP contribution in [0.5, 0.6) is 5.75 Å². The van der Waals surface area contributed by atoms with E-state index >= 15 is 0 Å². The molecule has 0 atom stereocenters. The summed E-state index contributed by atoms with van der Waals surface area (Å²) in [6.45, 7) is 3.96. The van der Waals surface area contributed by atoms with Crippen LogP contribution in [0.2, 0.25) is 0 Å². The highest BCUT2D eigenvalue weighted by Gasteiger charge is 2.48. The molecule has 0 N–H and O–H groups in total. The number of alkyl halides is 3. The lowest BCUT2D eigenvalue weighted by atomic mass is 10.3. The Kier molecular flexibility index (Phi) is 5.08. The summed E-state index contributed by atoms with van der Waals surface area (Å²) in [4.78, 5) is 4.20. The Morgan fingerprint density at radius 3 is 2.53 bits per heavy atom. The Morgan fingerprint density at radius 1 is 1.37 bits per heavy atom. The van der Waals surface area contributed by atoms with Gasteiger partial charge in [0.25, 0.3) is 0 Å². The number of halogens is 3. The molecular formula is C10H12F3NO3S2. The summed E-state index contributed by atoms with van der Waals surface area (Å²) < 4.78 is 62.0. The lowest BCUT2D eigenvalue weighted by Gasteiger charge is -2.10. The van der Waals surface area contributed by atoms with Gasteiger partial charge in [0.15, 0.2) is 5.75 Å². The first-order chi connectivity index (χ1) is 8.62. The van der Waals surface area contributed by atoms with Crippen LogP contribution in [-0.2, 0) is 10.1 Å². The van der Waals surface area contributed by atoms with Crippen LogP contribution >= 0.6 is 11.8 Å². The zero-order chi connectivity index (χ0) is 14.7. The van der Waals surface area contributed by atoms with E-state index in [1.54, 1.807) is 0 Å². The van der Waals surface area contributed by atoms with Gasteiger partial charge < -0.3 is 4.18 Å². The minimum absolute atomic E-state index is 0.383. The van der Waals surface area contributed by atoms with E-state index in [0.29, 0.717) is 10.8 Å². The molecule has 0 aromatic carbocycles. The molecule has 1 aromatic heterocycles. The summed E-state index contributed by atoms with van der Waals surface area (Å²) in [6.07, 6.45) is 2.35. The molecule has 0 radical (unpaired) electrons. The Balaban J connectivity index is 2.84. The van der Waals surface area contributed by atoms with E-state index < -0.39 is 21.4 Å². The van der Waals surface area contributed by atoms with Gasteiger partial charge in [-0.25, -0.2) is 0 Å². The molecule has 0 spiro atoms. The standard InChI is InChI=1S/C10H12F3NO3S2/c1-7(2)6-18-9-3-8(4-14-5-9)17-19(15,16)10(11,12)13/h3-5,7H,6H2,1-2H3. The van der Waals surface area contributed by atoms with Crippen LogP contribution < -0.4 is 4.18 Å². The molecule has 0 bridgehead atoms. The van der Waals surface area contributed by atoms with Crippen LogP contribution in [-0.4, -0.2) is 24.7 Å². The molecule has 1 aromatic rings. The van der Waals surface area contributed by atoms with Crippen molar-refractivity contribution in [1.82, 2.24) is 4.98 Å². The van der Waals surface area contributed by atoms with Crippen molar-refractivity contribution in [3.63, 3.8) is 0 Å². The molecule has 0 saturated heterocycles. The highest BCUT2D eigenvalue weighted by molar-refractivity contribution is 7.99. The summed E-state index contributed by atoms with van der Waals surface area (Å²) in [5.74, 6) is 0.663. The lowest BCUT2D eigenvalue weighted by molar-refractivity contribution is -0.0500. The fourth-order valence-corrected chi connectivity index (χ4v) is 2.26. The van der Waals surface area contributed by atoms with E-state index in [9.17, 15) is 21.6 Å². The first-order valence-electron chi connectivity index (χ1n) is 5.20. The molecule has 4 nitrogen and oxygen atoms in total. The van der Waals surface area contributed by atoms with Gasteiger partial charge in [-0.2, -0.15) is 21.6 Å². The van der Waals surface area contributed by atoms with Gasteiger partial charge in [0, 0.05) is 16.8 Å². The summed E-state index contributed by atoms with van der Waals surface area (Å²) >= 11 is 1.36. The monoisotopic (exact) mass is 315 g/mol. The number of aromatic nitrogens is 1. The first kappa shape index (κ1) is 16.1. The van der Waals surface area contributed by atoms with Crippen molar-refractivity contribution >= 4 is 21.9 Å². The zero-order valence-electron chi connectivity index (χ0n) is 10.1. The highest BCUT2D eigenvalue weighted by Crippen LogP contribution is 2.29. The summed E-state index contributed by atoms with van der Waals surface area (Å²) in [7, 11) is -5.65. The van der Waals surface area contributed by atoms with Gasteiger partial charge in [-0.3, -0.25) is 4.98 Å². The van der Waals surface area contributed by atoms with Crippen molar-refractivity contribution in [2.24, 2.45) is 5.92 Å². The molecule has 9 heteroatoms. The minimum atomic E-state index is -5.65. The Bertz CT molecular complexity index is 529. The number of pyridine rings is 1. The summed E-state index contributed by atoms with van der Waals surface area (Å²) in [5, 5.41) is 0. The molecule has 0 aliphatic carbocycles. The van der Waals surface area contributed by atoms with Crippen LogP contribution in [0, 0.1) is 5.92 Å². The maximum Gasteiger partial charge on any atom is 0.534 e. The van der Waals surface area contributed by atoms with E-state index in [2.05, 4.69) is 9.17 Å². The van der Waals surface area contributed by atoms with Crippen molar-refractivity contribution in [2.45, 2.75) is 24.3 Å². The fourth-order valence-electron chi connectivity index (χ4n) is 0.960. The maximum atomic E-state index is 12.1. The van der Waals surface area contributed by atoms with Crippen LogP contribution in [0.15, 0.2) is 23.4 Å². The second-order valence-electron chi connectivity index (χ2n) is 4.04. The Labute approximate surface area is 113 Å². The van der Waals surface area contributed by atoms with E-state index in [-0.39, 0.29) is 0 Å². The second-order valence-corrected chi connectivity index (χ2v) is 6.68. The molecule has 0 aliphatic rings. The number of nitrogens with zero attached hydrogens (tertiary/aromatic N) is 1.